The molecule has 136 valence electrons. The molecule has 5 heteroatoms. The molecule has 2 N–H and O–H groups in total. The van der Waals surface area contributed by atoms with Crippen LogP contribution in [0, 0.1) is 25.6 Å². The highest BCUT2D eigenvalue weighted by molar-refractivity contribution is 5.26. The molecule has 1 aliphatic rings. The first-order valence-corrected chi connectivity index (χ1v) is 9.23. The van der Waals surface area contributed by atoms with Crippen LogP contribution >= 0.6 is 0 Å². The molecule has 0 aliphatic heterocycles. The lowest BCUT2D eigenvalue weighted by Crippen LogP contribution is -2.28. The molecule has 1 atom stereocenters. The maximum Gasteiger partial charge on any atom is 0.127 e. The van der Waals surface area contributed by atoms with Crippen LogP contribution < -0.4 is 5.32 Å². The summed E-state index contributed by atoms with van der Waals surface area (Å²) in [6, 6.07) is 7.15. The quantitative estimate of drug-likeness (QED) is 0.805. The summed E-state index contributed by atoms with van der Waals surface area (Å²) >= 11 is 0. The molecule has 0 bridgehead atoms. The normalized spacial score (nSPS) is 16.5. The van der Waals surface area contributed by atoms with Crippen LogP contribution in [0.4, 0.5) is 4.39 Å². The van der Waals surface area contributed by atoms with Gasteiger partial charge in [0.05, 0.1) is 18.8 Å². The molecule has 1 aromatic heterocycles. The molecule has 1 heterocycles. The third-order valence-corrected chi connectivity index (χ3v) is 5.45. The summed E-state index contributed by atoms with van der Waals surface area (Å²) in [6.45, 7) is 5.27. The number of aryl methyl sites for hydroxylation is 1. The molecule has 1 fully saturated rings. The molecule has 0 amide bonds. The van der Waals surface area contributed by atoms with Gasteiger partial charge in [0.1, 0.15) is 5.82 Å². The van der Waals surface area contributed by atoms with E-state index >= 15 is 0 Å². The summed E-state index contributed by atoms with van der Waals surface area (Å²) in [5.74, 6) is 0.348. The number of aliphatic hydroxyl groups excluding tert-OH is 1. The average Bonchev–Trinajstić information content (AvgIpc) is 3.21. The lowest BCUT2D eigenvalue weighted by atomic mass is 9.91. The van der Waals surface area contributed by atoms with Crippen molar-refractivity contribution in [2.75, 3.05) is 6.61 Å². The molecule has 25 heavy (non-hydrogen) atoms. The Kier molecular flexibility index (Phi) is 5.86. The zero-order valence-corrected chi connectivity index (χ0v) is 15.1. The van der Waals surface area contributed by atoms with E-state index in [2.05, 4.69) is 10.4 Å². The molecule has 0 spiro atoms. The van der Waals surface area contributed by atoms with Crippen molar-refractivity contribution in [2.45, 2.75) is 58.7 Å². The molecule has 0 radical (unpaired) electrons. The van der Waals surface area contributed by atoms with E-state index in [4.69, 9.17) is 5.11 Å². The third-order valence-electron chi connectivity index (χ3n) is 5.45. The van der Waals surface area contributed by atoms with Crippen LogP contribution in [0.25, 0.3) is 0 Å². The van der Waals surface area contributed by atoms with Crippen molar-refractivity contribution in [1.82, 2.24) is 15.1 Å². The monoisotopic (exact) mass is 345 g/mol. The molecule has 2 aromatic rings. The van der Waals surface area contributed by atoms with E-state index < -0.39 is 0 Å². The van der Waals surface area contributed by atoms with Gasteiger partial charge in [-0.15, -0.1) is 0 Å². The van der Waals surface area contributed by atoms with Gasteiger partial charge in [0, 0.05) is 29.4 Å². The Balaban J connectivity index is 1.81. The molecule has 1 unspecified atom stereocenters. The van der Waals surface area contributed by atoms with Gasteiger partial charge in [-0.05, 0) is 38.7 Å². The highest BCUT2D eigenvalue weighted by atomic mass is 19.1. The van der Waals surface area contributed by atoms with Gasteiger partial charge in [-0.1, -0.05) is 31.0 Å². The number of rotatable bonds is 7. The largest absolute Gasteiger partial charge is 0.394 e. The summed E-state index contributed by atoms with van der Waals surface area (Å²) in [4.78, 5) is 0. The second-order valence-electron chi connectivity index (χ2n) is 7.02. The molecule has 4 nitrogen and oxygen atoms in total. The molecule has 3 rings (SSSR count). The number of hydrogen-bond donors (Lipinski definition) is 2. The standard InChI is InChI=1S/C20H28FN3O/c1-14-18(15(2)24(23-14)11-12-25)13-22-20(16-7-3-4-8-16)17-9-5-6-10-19(17)21/h5-6,9-10,16,20,22,25H,3-4,7-8,11-13H2,1-2H3. The van der Waals surface area contributed by atoms with Crippen LogP contribution in [-0.4, -0.2) is 21.5 Å². The van der Waals surface area contributed by atoms with Crippen molar-refractivity contribution in [3.8, 4) is 0 Å². The Morgan fingerprint density at radius 1 is 1.28 bits per heavy atom. The maximum atomic E-state index is 14.4. The van der Waals surface area contributed by atoms with Crippen LogP contribution in [-0.2, 0) is 13.1 Å². The van der Waals surface area contributed by atoms with Crippen molar-refractivity contribution in [1.29, 1.82) is 0 Å². The highest BCUT2D eigenvalue weighted by Gasteiger charge is 2.28. The predicted octanol–water partition coefficient (Wildman–Crippen LogP) is 3.65. The van der Waals surface area contributed by atoms with E-state index in [0.717, 1.165) is 35.4 Å². The first-order chi connectivity index (χ1) is 12.1. The van der Waals surface area contributed by atoms with E-state index in [0.29, 0.717) is 19.0 Å². The Hall–Kier alpha value is -1.72. The predicted molar refractivity (Wildman–Crippen MR) is 96.7 cm³/mol. The van der Waals surface area contributed by atoms with Crippen LogP contribution in [0.2, 0.25) is 0 Å². The molecule has 1 aliphatic carbocycles. The third kappa shape index (κ3) is 3.93. The van der Waals surface area contributed by atoms with E-state index in [1.165, 1.54) is 12.8 Å². The topological polar surface area (TPSA) is 50.1 Å². The second-order valence-corrected chi connectivity index (χ2v) is 7.02. The fourth-order valence-electron chi connectivity index (χ4n) is 4.06. The minimum atomic E-state index is -0.128. The fourth-order valence-corrected chi connectivity index (χ4v) is 4.06. The van der Waals surface area contributed by atoms with Crippen LogP contribution in [0.15, 0.2) is 24.3 Å². The van der Waals surface area contributed by atoms with E-state index in [9.17, 15) is 4.39 Å². The zero-order chi connectivity index (χ0) is 17.8. The molecule has 0 saturated heterocycles. The summed E-state index contributed by atoms with van der Waals surface area (Å²) < 4.78 is 16.2. The first kappa shape index (κ1) is 18.1. The van der Waals surface area contributed by atoms with Gasteiger partial charge in [-0.2, -0.15) is 5.10 Å². The average molecular weight is 345 g/mol. The summed E-state index contributed by atoms with van der Waals surface area (Å²) in [5.41, 5.74) is 3.95. The SMILES string of the molecule is Cc1nn(CCO)c(C)c1CNC(c1ccccc1F)C1CCCC1. The minimum absolute atomic E-state index is 0.0312. The first-order valence-electron chi connectivity index (χ1n) is 9.23. The van der Waals surface area contributed by atoms with Crippen molar-refractivity contribution in [2.24, 2.45) is 5.92 Å². The van der Waals surface area contributed by atoms with Crippen molar-refractivity contribution in [3.63, 3.8) is 0 Å². The van der Waals surface area contributed by atoms with Gasteiger partial charge >= 0.3 is 0 Å². The molecule has 1 aromatic carbocycles. The number of aliphatic hydroxyl groups is 1. The van der Waals surface area contributed by atoms with Crippen LogP contribution in [0.3, 0.4) is 0 Å². The second kappa shape index (κ2) is 8.11. The summed E-state index contributed by atoms with van der Waals surface area (Å²) in [7, 11) is 0. The zero-order valence-electron chi connectivity index (χ0n) is 15.1. The molecule has 1 saturated carbocycles. The van der Waals surface area contributed by atoms with Gasteiger partial charge < -0.3 is 10.4 Å². The highest BCUT2D eigenvalue weighted by Crippen LogP contribution is 2.37. The van der Waals surface area contributed by atoms with E-state index in [1.54, 1.807) is 12.1 Å². The Bertz CT molecular complexity index is 707. The Morgan fingerprint density at radius 3 is 2.68 bits per heavy atom. The number of nitrogens with one attached hydrogen (secondary N) is 1. The molecular formula is C20H28FN3O. The Morgan fingerprint density at radius 2 is 2.00 bits per heavy atom. The van der Waals surface area contributed by atoms with Crippen LogP contribution in [0.5, 0.6) is 0 Å². The maximum absolute atomic E-state index is 14.4. The van der Waals surface area contributed by atoms with Gasteiger partial charge in [0.15, 0.2) is 0 Å². The lowest BCUT2D eigenvalue weighted by Gasteiger charge is -2.26. The summed E-state index contributed by atoms with van der Waals surface area (Å²) in [5, 5.41) is 17.3. The van der Waals surface area contributed by atoms with Gasteiger partial charge in [0.2, 0.25) is 0 Å². The number of halogens is 1. The van der Waals surface area contributed by atoms with Gasteiger partial charge in [0.25, 0.3) is 0 Å². The Labute approximate surface area is 149 Å². The van der Waals surface area contributed by atoms with Crippen molar-refractivity contribution < 1.29 is 9.50 Å². The van der Waals surface area contributed by atoms with Gasteiger partial charge in [-0.25, -0.2) is 4.39 Å². The number of benzene rings is 1. The number of nitrogens with zero attached hydrogens (tertiary/aromatic N) is 2. The van der Waals surface area contributed by atoms with E-state index in [1.807, 2.05) is 30.7 Å². The summed E-state index contributed by atoms with van der Waals surface area (Å²) in [6.07, 6.45) is 4.75. The number of hydrogen-bond acceptors (Lipinski definition) is 3. The van der Waals surface area contributed by atoms with Gasteiger partial charge in [-0.3, -0.25) is 4.68 Å². The molecular weight excluding hydrogens is 317 g/mol. The van der Waals surface area contributed by atoms with Crippen molar-refractivity contribution in [3.05, 3.63) is 52.6 Å². The van der Waals surface area contributed by atoms with Crippen LogP contribution in [0.1, 0.15) is 54.2 Å². The fraction of sp³-hybridized carbons (Fsp3) is 0.550. The smallest absolute Gasteiger partial charge is 0.127 e. The lowest BCUT2D eigenvalue weighted by molar-refractivity contribution is 0.267. The van der Waals surface area contributed by atoms with E-state index in [-0.39, 0.29) is 18.5 Å². The van der Waals surface area contributed by atoms with Crippen molar-refractivity contribution >= 4 is 0 Å². The minimum Gasteiger partial charge on any atom is -0.394 e. The number of aromatic nitrogens is 2.